The molecule has 0 aliphatic heterocycles. The van der Waals surface area contributed by atoms with E-state index in [1.807, 2.05) is 12.1 Å². The van der Waals surface area contributed by atoms with E-state index < -0.39 is 0 Å². The molecule has 3 heteroatoms. The normalized spacial score (nSPS) is 22.6. The predicted molar refractivity (Wildman–Crippen MR) is 74.8 cm³/mol. The van der Waals surface area contributed by atoms with E-state index in [1.54, 1.807) is 0 Å². The molecule has 0 amide bonds. The molecule has 0 saturated heterocycles. The highest BCUT2D eigenvalue weighted by Crippen LogP contribution is 2.39. The van der Waals surface area contributed by atoms with E-state index in [-0.39, 0.29) is 0 Å². The van der Waals surface area contributed by atoms with Crippen molar-refractivity contribution >= 4 is 17.3 Å². The van der Waals surface area contributed by atoms with E-state index in [1.165, 1.54) is 17.7 Å². The second-order valence-electron chi connectivity index (χ2n) is 5.13. The SMILES string of the molecule is CC1CC1CN(C)c1cccc(Cl)c1CCN. The Kier molecular flexibility index (Phi) is 3.95. The fraction of sp³-hybridized carbons (Fsp3) is 0.571. The van der Waals surface area contributed by atoms with Gasteiger partial charge in [0, 0.05) is 24.3 Å². The maximum atomic E-state index is 6.25. The number of nitrogens with zero attached hydrogens (tertiary/aromatic N) is 1. The van der Waals surface area contributed by atoms with Crippen molar-refractivity contribution < 1.29 is 0 Å². The molecular formula is C14H21ClN2. The average Bonchev–Trinajstić information content (AvgIpc) is 2.97. The second-order valence-corrected chi connectivity index (χ2v) is 5.54. The third-order valence-corrected chi connectivity index (χ3v) is 4.04. The van der Waals surface area contributed by atoms with Crippen LogP contribution in [0, 0.1) is 11.8 Å². The first-order chi connectivity index (χ1) is 8.13. The second kappa shape index (κ2) is 5.28. The minimum atomic E-state index is 0.643. The van der Waals surface area contributed by atoms with Gasteiger partial charge in [0.15, 0.2) is 0 Å². The summed E-state index contributed by atoms with van der Waals surface area (Å²) in [6.45, 7) is 4.08. The van der Waals surface area contributed by atoms with Gasteiger partial charge in [-0.25, -0.2) is 0 Å². The molecule has 0 spiro atoms. The number of hydrogen-bond donors (Lipinski definition) is 1. The molecule has 1 aliphatic carbocycles. The van der Waals surface area contributed by atoms with Gasteiger partial charge in [-0.05, 0) is 48.9 Å². The highest BCUT2D eigenvalue weighted by molar-refractivity contribution is 6.31. The Morgan fingerprint density at radius 2 is 2.18 bits per heavy atom. The zero-order valence-corrected chi connectivity index (χ0v) is 11.4. The van der Waals surface area contributed by atoms with Crippen molar-refractivity contribution in [2.75, 3.05) is 25.0 Å². The number of anilines is 1. The van der Waals surface area contributed by atoms with Crippen molar-refractivity contribution in [3.8, 4) is 0 Å². The third-order valence-electron chi connectivity index (χ3n) is 3.68. The van der Waals surface area contributed by atoms with Gasteiger partial charge < -0.3 is 10.6 Å². The lowest BCUT2D eigenvalue weighted by molar-refractivity contribution is 0.722. The highest BCUT2D eigenvalue weighted by atomic mass is 35.5. The summed E-state index contributed by atoms with van der Waals surface area (Å²) < 4.78 is 0. The van der Waals surface area contributed by atoms with E-state index in [0.29, 0.717) is 6.54 Å². The van der Waals surface area contributed by atoms with Crippen LogP contribution < -0.4 is 10.6 Å². The van der Waals surface area contributed by atoms with Crippen molar-refractivity contribution in [2.24, 2.45) is 17.6 Å². The van der Waals surface area contributed by atoms with Gasteiger partial charge in [0.25, 0.3) is 0 Å². The number of benzene rings is 1. The Bertz CT molecular complexity index is 392. The lowest BCUT2D eigenvalue weighted by Crippen LogP contribution is -2.22. The summed E-state index contributed by atoms with van der Waals surface area (Å²) in [5, 5.41) is 0.837. The molecule has 17 heavy (non-hydrogen) atoms. The smallest absolute Gasteiger partial charge is 0.0459 e. The molecule has 2 N–H and O–H groups in total. The number of halogens is 1. The highest BCUT2D eigenvalue weighted by Gasteiger charge is 2.33. The van der Waals surface area contributed by atoms with Gasteiger partial charge in [0.1, 0.15) is 0 Å². The maximum absolute atomic E-state index is 6.25. The fourth-order valence-electron chi connectivity index (χ4n) is 2.40. The van der Waals surface area contributed by atoms with Gasteiger partial charge in [-0.3, -0.25) is 0 Å². The van der Waals surface area contributed by atoms with E-state index in [2.05, 4.69) is 24.9 Å². The molecule has 0 heterocycles. The van der Waals surface area contributed by atoms with Gasteiger partial charge in [-0.1, -0.05) is 24.6 Å². The number of hydrogen-bond acceptors (Lipinski definition) is 2. The molecule has 1 fully saturated rings. The minimum absolute atomic E-state index is 0.643. The molecule has 1 aromatic rings. The largest absolute Gasteiger partial charge is 0.374 e. The van der Waals surface area contributed by atoms with Gasteiger partial charge in [-0.15, -0.1) is 0 Å². The predicted octanol–water partition coefficient (Wildman–Crippen LogP) is 2.93. The monoisotopic (exact) mass is 252 g/mol. The van der Waals surface area contributed by atoms with Gasteiger partial charge in [0.05, 0.1) is 0 Å². The van der Waals surface area contributed by atoms with E-state index in [4.69, 9.17) is 17.3 Å². The first-order valence-electron chi connectivity index (χ1n) is 6.32. The summed E-state index contributed by atoms with van der Waals surface area (Å²) in [5.41, 5.74) is 8.08. The van der Waals surface area contributed by atoms with Crippen LogP contribution in [0.3, 0.4) is 0 Å². The summed E-state index contributed by atoms with van der Waals surface area (Å²) in [6, 6.07) is 6.11. The number of rotatable bonds is 5. The molecule has 0 bridgehead atoms. The van der Waals surface area contributed by atoms with Crippen LogP contribution in [0.4, 0.5) is 5.69 Å². The fourth-order valence-corrected chi connectivity index (χ4v) is 2.66. The first kappa shape index (κ1) is 12.7. The zero-order chi connectivity index (χ0) is 12.4. The molecule has 0 radical (unpaired) electrons. The van der Waals surface area contributed by atoms with Gasteiger partial charge in [0.2, 0.25) is 0 Å². The summed E-state index contributed by atoms with van der Waals surface area (Å²) >= 11 is 6.25. The standard InChI is InChI=1S/C14H21ClN2/c1-10-8-11(10)9-17(2)14-5-3-4-13(15)12(14)6-7-16/h3-5,10-11H,6-9,16H2,1-2H3. The zero-order valence-electron chi connectivity index (χ0n) is 10.6. The summed E-state index contributed by atoms with van der Waals surface area (Å²) in [6.07, 6.45) is 2.21. The topological polar surface area (TPSA) is 29.3 Å². The molecular weight excluding hydrogens is 232 g/mol. The molecule has 2 nitrogen and oxygen atoms in total. The van der Waals surface area contributed by atoms with E-state index in [9.17, 15) is 0 Å². The Hall–Kier alpha value is -0.730. The summed E-state index contributed by atoms with van der Waals surface area (Å²) in [7, 11) is 2.15. The number of nitrogens with two attached hydrogens (primary N) is 1. The molecule has 1 aromatic carbocycles. The lowest BCUT2D eigenvalue weighted by atomic mass is 10.1. The average molecular weight is 253 g/mol. The molecule has 2 atom stereocenters. The summed E-state index contributed by atoms with van der Waals surface area (Å²) in [5.74, 6) is 1.74. The van der Waals surface area contributed by atoms with Crippen molar-refractivity contribution in [3.05, 3.63) is 28.8 Å². The molecule has 1 saturated carbocycles. The maximum Gasteiger partial charge on any atom is 0.0459 e. The molecule has 94 valence electrons. The van der Waals surface area contributed by atoms with Crippen LogP contribution in [0.15, 0.2) is 18.2 Å². The lowest BCUT2D eigenvalue weighted by Gasteiger charge is -2.23. The van der Waals surface area contributed by atoms with Crippen molar-refractivity contribution in [2.45, 2.75) is 19.8 Å². The van der Waals surface area contributed by atoms with Crippen LogP contribution in [0.2, 0.25) is 5.02 Å². The van der Waals surface area contributed by atoms with Crippen LogP contribution in [-0.2, 0) is 6.42 Å². The van der Waals surface area contributed by atoms with Crippen LogP contribution in [-0.4, -0.2) is 20.1 Å². The van der Waals surface area contributed by atoms with Crippen LogP contribution in [0.5, 0.6) is 0 Å². The van der Waals surface area contributed by atoms with Crippen LogP contribution in [0.1, 0.15) is 18.9 Å². The van der Waals surface area contributed by atoms with Crippen molar-refractivity contribution in [1.29, 1.82) is 0 Å². The van der Waals surface area contributed by atoms with Crippen LogP contribution in [0.25, 0.3) is 0 Å². The van der Waals surface area contributed by atoms with Crippen molar-refractivity contribution in [1.82, 2.24) is 0 Å². The quantitative estimate of drug-likeness (QED) is 0.873. The summed E-state index contributed by atoms with van der Waals surface area (Å²) in [4.78, 5) is 2.32. The Morgan fingerprint density at radius 3 is 2.76 bits per heavy atom. The van der Waals surface area contributed by atoms with E-state index in [0.717, 1.165) is 29.8 Å². The Morgan fingerprint density at radius 1 is 1.47 bits per heavy atom. The molecule has 1 aliphatic rings. The minimum Gasteiger partial charge on any atom is -0.374 e. The van der Waals surface area contributed by atoms with Gasteiger partial charge >= 0.3 is 0 Å². The Labute approximate surface area is 109 Å². The van der Waals surface area contributed by atoms with E-state index >= 15 is 0 Å². The Balaban J connectivity index is 2.15. The van der Waals surface area contributed by atoms with Crippen molar-refractivity contribution in [3.63, 3.8) is 0 Å². The van der Waals surface area contributed by atoms with Gasteiger partial charge in [-0.2, -0.15) is 0 Å². The third kappa shape index (κ3) is 2.93. The van der Waals surface area contributed by atoms with Crippen LogP contribution >= 0.6 is 11.6 Å². The molecule has 0 aromatic heterocycles. The first-order valence-corrected chi connectivity index (χ1v) is 6.70. The molecule has 2 unspecified atom stereocenters. The molecule has 2 rings (SSSR count).